The molecule has 3 N–H and O–H groups in total. The summed E-state index contributed by atoms with van der Waals surface area (Å²) in [7, 11) is 0. The highest BCUT2D eigenvalue weighted by molar-refractivity contribution is 6.14. The summed E-state index contributed by atoms with van der Waals surface area (Å²) in [5, 5.41) is 28.6. The Morgan fingerprint density at radius 2 is 1.36 bits per heavy atom. The number of esters is 1. The minimum atomic E-state index is -1.78. The molecule has 0 saturated carbocycles. The van der Waals surface area contributed by atoms with Crippen LogP contribution in [0.4, 0.5) is 0 Å². The van der Waals surface area contributed by atoms with Gasteiger partial charge in [0.2, 0.25) is 0 Å². The van der Waals surface area contributed by atoms with Crippen molar-refractivity contribution in [2.24, 2.45) is 5.41 Å². The molecule has 0 saturated heterocycles. The van der Waals surface area contributed by atoms with Crippen LogP contribution in [0.25, 0.3) is 5.69 Å². The molecule has 0 aliphatic heterocycles. The monoisotopic (exact) mass is 389 g/mol. The lowest BCUT2D eigenvalue weighted by atomic mass is 9.99. The van der Waals surface area contributed by atoms with E-state index in [1.807, 2.05) is 0 Å². The summed E-state index contributed by atoms with van der Waals surface area (Å²) in [6.45, 7) is 5.25. The number of ether oxygens (including phenoxy) is 1. The van der Waals surface area contributed by atoms with E-state index in [-0.39, 0.29) is 12.3 Å². The third kappa shape index (κ3) is 4.03. The second kappa shape index (κ2) is 7.55. The second-order valence-corrected chi connectivity index (χ2v) is 7.17. The van der Waals surface area contributed by atoms with Crippen molar-refractivity contribution in [3.63, 3.8) is 0 Å². The zero-order valence-electron chi connectivity index (χ0n) is 15.4. The Hall–Kier alpha value is -3.62. The van der Waals surface area contributed by atoms with Crippen LogP contribution in [-0.2, 0) is 4.74 Å². The van der Waals surface area contributed by atoms with Crippen molar-refractivity contribution in [1.82, 2.24) is 4.57 Å². The molecule has 0 atom stereocenters. The van der Waals surface area contributed by atoms with Gasteiger partial charge in [-0.2, -0.15) is 0 Å². The highest BCUT2D eigenvalue weighted by Gasteiger charge is 2.38. The van der Waals surface area contributed by atoms with Crippen molar-refractivity contribution in [2.45, 2.75) is 20.8 Å². The number of rotatable bonds is 6. The molecular weight excluding hydrogens is 370 g/mol. The molecule has 0 amide bonds. The van der Waals surface area contributed by atoms with Crippen molar-refractivity contribution >= 4 is 23.9 Å². The number of carbonyl (C=O) groups is 4. The lowest BCUT2D eigenvalue weighted by molar-refractivity contribution is 0.0351. The van der Waals surface area contributed by atoms with Crippen molar-refractivity contribution in [2.75, 3.05) is 6.61 Å². The number of hydrogen-bond acceptors (Lipinski definition) is 5. The van der Waals surface area contributed by atoms with Gasteiger partial charge in [0, 0.05) is 5.69 Å². The van der Waals surface area contributed by atoms with Crippen LogP contribution in [0, 0.1) is 5.41 Å². The molecule has 0 fully saturated rings. The standard InChI is InChI=1S/C19H19NO8/c1-19(2,3)9-28-18(27)14-12(16(23)24)11(15(21)22)13(17(25)26)20(14)10-7-5-4-6-8-10/h4-8H,9H2,1-3H3,(H,21,22)(H,23,24)(H,25,26). The maximum absolute atomic E-state index is 12.7. The number of aromatic carboxylic acids is 3. The van der Waals surface area contributed by atoms with E-state index in [1.165, 1.54) is 24.3 Å². The van der Waals surface area contributed by atoms with E-state index < -0.39 is 51.8 Å². The average Bonchev–Trinajstić information content (AvgIpc) is 2.96. The van der Waals surface area contributed by atoms with Gasteiger partial charge in [0.05, 0.1) is 6.61 Å². The molecule has 0 bridgehead atoms. The van der Waals surface area contributed by atoms with Crippen molar-refractivity contribution in [3.8, 4) is 5.69 Å². The third-order valence-electron chi connectivity index (χ3n) is 3.65. The fourth-order valence-electron chi connectivity index (χ4n) is 2.57. The summed E-state index contributed by atoms with van der Waals surface area (Å²) in [5.74, 6) is -6.36. The maximum Gasteiger partial charge on any atom is 0.356 e. The summed E-state index contributed by atoms with van der Waals surface area (Å²) in [5.41, 5.74) is -3.79. The minimum absolute atomic E-state index is 0.0876. The van der Waals surface area contributed by atoms with Crippen LogP contribution in [0.15, 0.2) is 30.3 Å². The van der Waals surface area contributed by atoms with Gasteiger partial charge in [-0.15, -0.1) is 0 Å². The number of para-hydroxylation sites is 1. The second-order valence-electron chi connectivity index (χ2n) is 7.17. The smallest absolute Gasteiger partial charge is 0.356 e. The lowest BCUT2D eigenvalue weighted by Crippen LogP contribution is -2.22. The number of aromatic nitrogens is 1. The van der Waals surface area contributed by atoms with E-state index in [9.17, 15) is 34.5 Å². The Morgan fingerprint density at radius 3 is 1.79 bits per heavy atom. The molecule has 9 heteroatoms. The van der Waals surface area contributed by atoms with Crippen LogP contribution in [0.3, 0.4) is 0 Å². The summed E-state index contributed by atoms with van der Waals surface area (Å²) >= 11 is 0. The molecule has 1 aromatic carbocycles. The predicted molar refractivity (Wildman–Crippen MR) is 96.4 cm³/mol. The quantitative estimate of drug-likeness (QED) is 0.640. The largest absolute Gasteiger partial charge is 0.478 e. The molecule has 0 unspecified atom stereocenters. The van der Waals surface area contributed by atoms with E-state index in [1.54, 1.807) is 26.8 Å². The van der Waals surface area contributed by atoms with Gasteiger partial charge >= 0.3 is 23.9 Å². The maximum atomic E-state index is 12.7. The average molecular weight is 389 g/mol. The normalized spacial score (nSPS) is 11.1. The molecule has 28 heavy (non-hydrogen) atoms. The molecule has 1 aromatic heterocycles. The number of nitrogens with zero attached hydrogens (tertiary/aromatic N) is 1. The van der Waals surface area contributed by atoms with E-state index >= 15 is 0 Å². The number of carboxylic acids is 3. The summed E-state index contributed by atoms with van der Waals surface area (Å²) < 4.78 is 5.96. The van der Waals surface area contributed by atoms with Crippen LogP contribution in [0.5, 0.6) is 0 Å². The zero-order valence-corrected chi connectivity index (χ0v) is 15.4. The topological polar surface area (TPSA) is 143 Å². The Bertz CT molecular complexity index is 951. The van der Waals surface area contributed by atoms with Gasteiger partial charge < -0.3 is 20.1 Å². The number of carboxylic acid groups (broad SMARTS) is 3. The van der Waals surface area contributed by atoms with Crippen molar-refractivity contribution in [1.29, 1.82) is 0 Å². The van der Waals surface area contributed by atoms with Gasteiger partial charge in [0.1, 0.15) is 22.5 Å². The van der Waals surface area contributed by atoms with Gasteiger partial charge in [-0.25, -0.2) is 19.2 Å². The SMILES string of the molecule is CC(C)(C)COC(=O)c1c(C(=O)O)c(C(=O)O)c(C(=O)O)n1-c1ccccc1. The molecule has 2 aromatic rings. The molecule has 2 rings (SSSR count). The van der Waals surface area contributed by atoms with Gasteiger partial charge in [0.25, 0.3) is 0 Å². The number of hydrogen-bond donors (Lipinski definition) is 3. The Balaban J connectivity index is 2.89. The minimum Gasteiger partial charge on any atom is -0.478 e. The highest BCUT2D eigenvalue weighted by Crippen LogP contribution is 2.29. The molecule has 0 aliphatic carbocycles. The number of carbonyl (C=O) groups excluding carboxylic acids is 1. The van der Waals surface area contributed by atoms with Crippen LogP contribution < -0.4 is 0 Å². The fourth-order valence-corrected chi connectivity index (χ4v) is 2.57. The molecule has 0 spiro atoms. The summed E-state index contributed by atoms with van der Waals surface area (Å²) in [6, 6.07) is 7.54. The first-order chi connectivity index (χ1) is 13.0. The van der Waals surface area contributed by atoms with Crippen LogP contribution in [0.1, 0.15) is 62.5 Å². The van der Waals surface area contributed by atoms with E-state index in [4.69, 9.17) is 4.74 Å². The predicted octanol–water partition coefficient (Wildman–Crippen LogP) is 2.77. The molecule has 148 valence electrons. The van der Waals surface area contributed by atoms with Gasteiger partial charge in [-0.1, -0.05) is 39.0 Å². The van der Waals surface area contributed by atoms with Gasteiger partial charge in [0.15, 0.2) is 0 Å². The van der Waals surface area contributed by atoms with E-state index in [2.05, 4.69) is 0 Å². The Kier molecular flexibility index (Phi) is 5.58. The van der Waals surface area contributed by atoms with Crippen LogP contribution in [-0.4, -0.2) is 50.4 Å². The van der Waals surface area contributed by atoms with Gasteiger partial charge in [-0.3, -0.25) is 4.57 Å². The number of benzene rings is 1. The Morgan fingerprint density at radius 1 is 0.857 bits per heavy atom. The molecule has 1 heterocycles. The third-order valence-corrected chi connectivity index (χ3v) is 3.65. The summed E-state index contributed by atoms with van der Waals surface area (Å²) in [4.78, 5) is 48.0. The van der Waals surface area contributed by atoms with Crippen LogP contribution >= 0.6 is 0 Å². The van der Waals surface area contributed by atoms with E-state index in [0.29, 0.717) is 0 Å². The molecule has 0 radical (unpaired) electrons. The first kappa shape index (κ1) is 20.7. The summed E-state index contributed by atoms with van der Waals surface area (Å²) in [6.07, 6.45) is 0. The van der Waals surface area contributed by atoms with Crippen molar-refractivity contribution < 1.29 is 39.2 Å². The Labute approximate surface area is 159 Å². The zero-order chi connectivity index (χ0) is 21.2. The first-order valence-electron chi connectivity index (χ1n) is 8.17. The van der Waals surface area contributed by atoms with E-state index in [0.717, 1.165) is 4.57 Å². The first-order valence-corrected chi connectivity index (χ1v) is 8.17. The molecule has 9 nitrogen and oxygen atoms in total. The lowest BCUT2D eigenvalue weighted by Gasteiger charge is -2.18. The van der Waals surface area contributed by atoms with Gasteiger partial charge in [-0.05, 0) is 17.5 Å². The fraction of sp³-hybridized carbons (Fsp3) is 0.263. The molecule has 0 aliphatic rings. The molecular formula is C19H19NO8. The van der Waals surface area contributed by atoms with Crippen LogP contribution in [0.2, 0.25) is 0 Å². The highest BCUT2D eigenvalue weighted by atomic mass is 16.5. The van der Waals surface area contributed by atoms with Crippen molar-refractivity contribution in [3.05, 3.63) is 52.8 Å².